The van der Waals surface area contributed by atoms with Gasteiger partial charge in [-0.05, 0) is 103 Å². The molecule has 4 atom stereocenters. The number of hydrogen-bond acceptors (Lipinski definition) is 11. The maximum Gasteiger partial charge on any atom is 0.407 e. The Hall–Kier alpha value is -7.89. The minimum atomic E-state index is -1.23. The summed E-state index contributed by atoms with van der Waals surface area (Å²) in [4.78, 5) is 97.7. The summed E-state index contributed by atoms with van der Waals surface area (Å²) in [6, 6.07) is 23.8. The molecule has 0 fully saturated rings. The summed E-state index contributed by atoms with van der Waals surface area (Å²) < 4.78 is 22.0. The Bertz CT molecular complexity index is 2800. The van der Waals surface area contributed by atoms with Gasteiger partial charge in [0.25, 0.3) is 0 Å². The number of H-pyrrole nitrogens is 1. The molecule has 0 unspecified atom stereocenters. The Balaban J connectivity index is 1.17. The number of ether oxygens (including phenoxy) is 4. The lowest BCUT2D eigenvalue weighted by molar-refractivity contribution is -0.146. The van der Waals surface area contributed by atoms with Gasteiger partial charge < -0.3 is 55.8 Å². The lowest BCUT2D eigenvalue weighted by atomic mass is 9.85. The number of carbonyl (C=O) groups excluding carboxylic acids is 7. The Labute approximate surface area is 444 Å². The monoisotopic (exact) mass is 1040 g/mol. The van der Waals surface area contributed by atoms with Gasteiger partial charge in [-0.25, -0.2) is 14.4 Å². The number of unbranched alkanes of at least 4 members (excludes halogenated alkanes) is 1. The Morgan fingerprint density at radius 2 is 1.30 bits per heavy atom. The third kappa shape index (κ3) is 16.1. The number of para-hydroxylation sites is 1. The van der Waals surface area contributed by atoms with E-state index in [-0.39, 0.29) is 50.8 Å². The minimum absolute atomic E-state index is 0.00610. The fraction of sp³-hybridized carbons (Fsp3) is 0.431. The highest BCUT2D eigenvalue weighted by atomic mass is 16.6. The number of fused-ring (bicyclic) bond motifs is 4. The quantitative estimate of drug-likeness (QED) is 0.0199. The number of hydrogen-bond donors (Lipinski definition) is 7. The molecule has 1 heterocycles. The van der Waals surface area contributed by atoms with Gasteiger partial charge in [0, 0.05) is 49.3 Å². The van der Waals surface area contributed by atoms with Crippen molar-refractivity contribution in [2.24, 2.45) is 5.41 Å². The molecule has 406 valence electrons. The van der Waals surface area contributed by atoms with Gasteiger partial charge in [-0.3, -0.25) is 19.2 Å². The van der Waals surface area contributed by atoms with Crippen LogP contribution in [0.3, 0.4) is 0 Å². The van der Waals surface area contributed by atoms with Crippen molar-refractivity contribution in [3.8, 4) is 16.9 Å². The van der Waals surface area contributed by atoms with E-state index in [0.29, 0.717) is 30.7 Å². The van der Waals surface area contributed by atoms with Crippen molar-refractivity contribution in [2.45, 2.75) is 123 Å². The summed E-state index contributed by atoms with van der Waals surface area (Å²) in [5.74, 6) is -2.68. The molecule has 0 saturated carbocycles. The van der Waals surface area contributed by atoms with Crippen LogP contribution >= 0.6 is 0 Å². The summed E-state index contributed by atoms with van der Waals surface area (Å²) in [5.41, 5.74) is 5.90. The fourth-order valence-electron chi connectivity index (χ4n) is 9.13. The first kappa shape index (κ1) is 57.4. The number of methoxy groups -OCH3 is 1. The predicted molar refractivity (Wildman–Crippen MR) is 288 cm³/mol. The summed E-state index contributed by atoms with van der Waals surface area (Å²) >= 11 is 0. The van der Waals surface area contributed by atoms with E-state index in [2.05, 4.69) is 36.9 Å². The van der Waals surface area contributed by atoms with Crippen molar-refractivity contribution in [1.82, 2.24) is 36.9 Å². The van der Waals surface area contributed by atoms with Crippen molar-refractivity contribution in [2.75, 3.05) is 33.4 Å². The van der Waals surface area contributed by atoms with E-state index in [4.69, 9.17) is 18.9 Å². The molecular weight excluding hydrogens is 971 g/mol. The molecule has 76 heavy (non-hydrogen) atoms. The molecule has 5 aromatic rings. The summed E-state index contributed by atoms with van der Waals surface area (Å²) in [5, 5.41) is 17.6. The maximum absolute atomic E-state index is 14.7. The summed E-state index contributed by atoms with van der Waals surface area (Å²) in [6.07, 6.45) is 1.42. The molecule has 4 aromatic carbocycles. The number of alkyl carbamates (subject to hydrolysis) is 2. The number of amides is 6. The molecule has 7 N–H and O–H groups in total. The lowest BCUT2D eigenvalue weighted by Crippen LogP contribution is -2.61. The van der Waals surface area contributed by atoms with E-state index in [9.17, 15) is 33.6 Å². The number of aryl methyl sites for hydroxylation is 1. The molecule has 1 aliphatic carbocycles. The van der Waals surface area contributed by atoms with Gasteiger partial charge in [0.15, 0.2) is 0 Å². The highest BCUT2D eigenvalue weighted by Crippen LogP contribution is 2.44. The number of nitrogens with one attached hydrogen (secondary N) is 7. The van der Waals surface area contributed by atoms with Gasteiger partial charge in [-0.1, -0.05) is 99.6 Å². The standard InChI is InChI=1S/C58H73N7O11/c1-35-17-16-22-40-38(33-61-49(35)40)32-47(64-56(72)75-34-45-43-20-12-10-18-41(43)42-19-11-13-21-44(42)45)52(68)62-46(23-14-15-28-59-36(2)66)51(67)65-50(57(3,4)5)53(69)63-48(54(70)73-9)31-37-24-26-39(27-25-37)74-30-29-60-55(71)76-58(6,7)8/h10-13,16-22,24-27,33,45-48,50,61H,14-15,23,28-32,34H2,1-9H3,(H,59,66)(H,60,71)(H,62,68)(H,63,69)(H,64,72)(H,65,67)/t46-,47-,48-,50+/m0/s1. The van der Waals surface area contributed by atoms with E-state index in [1.54, 1.807) is 72.0 Å². The number of aromatic amines is 1. The van der Waals surface area contributed by atoms with Gasteiger partial charge in [0.2, 0.25) is 23.6 Å². The van der Waals surface area contributed by atoms with Crippen LogP contribution in [0.15, 0.2) is 97.2 Å². The summed E-state index contributed by atoms with van der Waals surface area (Å²) in [6.45, 7) is 14.7. The molecule has 0 spiro atoms. The second-order valence-electron chi connectivity index (χ2n) is 21.1. The number of aromatic nitrogens is 1. The van der Waals surface area contributed by atoms with Crippen LogP contribution in [0.4, 0.5) is 9.59 Å². The SMILES string of the molecule is COC(=O)[C@H](Cc1ccc(OCCNC(=O)OC(C)(C)C)cc1)NC(=O)[C@@H](NC(=O)[C@H](CCCCNC(C)=O)NC(=O)[C@H](Cc1c[nH]c2c(C)cccc12)NC(=O)OCC1c2ccccc2-c2ccccc21)C(C)(C)C. The Morgan fingerprint density at radius 1 is 0.658 bits per heavy atom. The van der Waals surface area contributed by atoms with E-state index < -0.39 is 71.1 Å². The predicted octanol–water partition coefficient (Wildman–Crippen LogP) is 7.05. The van der Waals surface area contributed by atoms with Crippen molar-refractivity contribution in [3.63, 3.8) is 0 Å². The van der Waals surface area contributed by atoms with Gasteiger partial charge >= 0.3 is 18.2 Å². The molecule has 18 heteroatoms. The summed E-state index contributed by atoms with van der Waals surface area (Å²) in [7, 11) is 1.21. The number of carbonyl (C=O) groups is 7. The second kappa shape index (κ2) is 26.1. The van der Waals surface area contributed by atoms with Crippen LogP contribution in [-0.4, -0.2) is 110 Å². The Kier molecular flexibility index (Phi) is 19.7. The topological polar surface area (TPSA) is 244 Å². The first-order valence-corrected chi connectivity index (χ1v) is 25.7. The zero-order valence-electron chi connectivity index (χ0n) is 45.0. The van der Waals surface area contributed by atoms with Crippen LogP contribution < -0.4 is 36.6 Å². The number of rotatable bonds is 23. The molecule has 6 rings (SSSR count). The minimum Gasteiger partial charge on any atom is -0.492 e. The first-order valence-electron chi connectivity index (χ1n) is 25.7. The largest absolute Gasteiger partial charge is 0.492 e. The zero-order chi connectivity index (χ0) is 55.2. The fourth-order valence-corrected chi connectivity index (χ4v) is 9.13. The van der Waals surface area contributed by atoms with Crippen molar-refractivity contribution >= 4 is 52.7 Å². The highest BCUT2D eigenvalue weighted by molar-refractivity contribution is 5.96. The number of esters is 1. The van der Waals surface area contributed by atoms with Crippen LogP contribution in [0.2, 0.25) is 0 Å². The van der Waals surface area contributed by atoms with Crippen LogP contribution in [0.5, 0.6) is 5.75 Å². The third-order valence-corrected chi connectivity index (χ3v) is 12.9. The van der Waals surface area contributed by atoms with Crippen LogP contribution in [0.25, 0.3) is 22.0 Å². The molecule has 1 aromatic heterocycles. The smallest absolute Gasteiger partial charge is 0.407 e. The van der Waals surface area contributed by atoms with Crippen molar-refractivity contribution in [1.29, 1.82) is 0 Å². The van der Waals surface area contributed by atoms with Gasteiger partial charge in [-0.15, -0.1) is 0 Å². The molecular formula is C58H73N7O11. The molecule has 0 bridgehead atoms. The van der Waals surface area contributed by atoms with E-state index in [1.165, 1.54) is 14.0 Å². The zero-order valence-corrected chi connectivity index (χ0v) is 45.0. The molecule has 0 saturated heterocycles. The second-order valence-corrected chi connectivity index (χ2v) is 21.1. The van der Waals surface area contributed by atoms with Gasteiger partial charge in [0.05, 0.1) is 13.7 Å². The highest BCUT2D eigenvalue weighted by Gasteiger charge is 2.38. The number of benzene rings is 4. The van der Waals surface area contributed by atoms with Gasteiger partial charge in [0.1, 0.15) is 48.7 Å². The van der Waals surface area contributed by atoms with E-state index in [1.807, 2.05) is 73.7 Å². The third-order valence-electron chi connectivity index (χ3n) is 12.9. The maximum atomic E-state index is 14.7. The van der Waals surface area contributed by atoms with Gasteiger partial charge in [-0.2, -0.15) is 0 Å². The Morgan fingerprint density at radius 3 is 1.93 bits per heavy atom. The molecule has 6 amide bonds. The van der Waals surface area contributed by atoms with Crippen LogP contribution in [-0.2, 0) is 51.0 Å². The average molecular weight is 1040 g/mol. The van der Waals surface area contributed by atoms with Crippen molar-refractivity contribution < 1.29 is 52.5 Å². The first-order chi connectivity index (χ1) is 36.1. The molecule has 0 aliphatic heterocycles. The molecule has 0 radical (unpaired) electrons. The average Bonchev–Trinajstić information content (AvgIpc) is 3.96. The lowest BCUT2D eigenvalue weighted by Gasteiger charge is -2.33. The van der Waals surface area contributed by atoms with E-state index >= 15 is 0 Å². The van der Waals surface area contributed by atoms with Crippen LogP contribution in [0.1, 0.15) is 101 Å². The van der Waals surface area contributed by atoms with E-state index in [0.717, 1.165) is 44.3 Å². The normalized spacial score (nSPS) is 13.6. The molecule has 1 aliphatic rings. The van der Waals surface area contributed by atoms with Crippen LogP contribution in [0, 0.1) is 12.3 Å². The van der Waals surface area contributed by atoms with Crippen molar-refractivity contribution in [3.05, 3.63) is 125 Å². The molecule has 18 nitrogen and oxygen atoms in total.